The van der Waals surface area contributed by atoms with E-state index in [1.807, 2.05) is 12.1 Å². The van der Waals surface area contributed by atoms with Crippen molar-refractivity contribution in [3.8, 4) is 0 Å². The molecule has 0 spiro atoms. The summed E-state index contributed by atoms with van der Waals surface area (Å²) in [4.78, 5) is 17.3. The molecule has 2 atom stereocenters. The number of aromatic nitrogens is 1. The fraction of sp³-hybridized carbons (Fsp3) is 0.538. The minimum absolute atomic E-state index is 0.138. The van der Waals surface area contributed by atoms with Gasteiger partial charge in [-0.05, 0) is 44.0 Å². The van der Waals surface area contributed by atoms with Gasteiger partial charge in [0.2, 0.25) is 0 Å². The number of carboxylic acid groups (broad SMARTS) is 1. The molecule has 0 aromatic carbocycles. The Morgan fingerprint density at radius 3 is 2.82 bits per heavy atom. The zero-order valence-electron chi connectivity index (χ0n) is 10.0. The zero-order chi connectivity index (χ0) is 12.3. The summed E-state index contributed by atoms with van der Waals surface area (Å²) in [6.07, 6.45) is 6.36. The summed E-state index contributed by atoms with van der Waals surface area (Å²) in [5.74, 6) is -0.703. The van der Waals surface area contributed by atoms with Gasteiger partial charge in [-0.1, -0.05) is 6.42 Å². The predicted octanol–water partition coefficient (Wildman–Crippen LogP) is 2.08. The van der Waals surface area contributed by atoms with Crippen LogP contribution in [-0.4, -0.2) is 33.5 Å². The first-order chi connectivity index (χ1) is 8.20. The molecule has 1 aliphatic rings. The van der Waals surface area contributed by atoms with Crippen LogP contribution in [0.1, 0.15) is 37.8 Å². The second-order valence-electron chi connectivity index (χ2n) is 4.54. The van der Waals surface area contributed by atoms with Gasteiger partial charge >= 0.3 is 5.97 Å². The molecule has 0 aliphatic carbocycles. The summed E-state index contributed by atoms with van der Waals surface area (Å²) < 4.78 is 0. The van der Waals surface area contributed by atoms with E-state index in [0.29, 0.717) is 0 Å². The van der Waals surface area contributed by atoms with E-state index in [-0.39, 0.29) is 12.1 Å². The lowest BCUT2D eigenvalue weighted by Gasteiger charge is -2.37. The summed E-state index contributed by atoms with van der Waals surface area (Å²) in [5, 5.41) is 9.25. The number of carbonyl (C=O) groups is 1. The molecule has 1 aromatic rings. The largest absolute Gasteiger partial charge is 0.480 e. The van der Waals surface area contributed by atoms with Crippen LogP contribution in [0.15, 0.2) is 24.5 Å². The van der Waals surface area contributed by atoms with Gasteiger partial charge in [0.05, 0.1) is 0 Å². The third-order valence-corrected chi connectivity index (χ3v) is 3.52. The monoisotopic (exact) mass is 234 g/mol. The smallest absolute Gasteiger partial charge is 0.320 e. The van der Waals surface area contributed by atoms with Crippen LogP contribution in [-0.2, 0) is 4.79 Å². The van der Waals surface area contributed by atoms with Gasteiger partial charge in [0.25, 0.3) is 0 Å². The first kappa shape index (κ1) is 12.0. The van der Waals surface area contributed by atoms with Crippen molar-refractivity contribution in [2.75, 3.05) is 6.54 Å². The van der Waals surface area contributed by atoms with Crippen molar-refractivity contribution in [2.45, 2.75) is 38.3 Å². The number of nitrogens with zero attached hydrogens (tertiary/aromatic N) is 2. The molecule has 2 heterocycles. The second kappa shape index (κ2) is 5.27. The summed E-state index contributed by atoms with van der Waals surface area (Å²) >= 11 is 0. The number of hydrogen-bond donors (Lipinski definition) is 1. The number of likely N-dealkylation sites (tertiary alicyclic amines) is 1. The number of hydrogen-bond acceptors (Lipinski definition) is 3. The molecule has 0 radical (unpaired) electrons. The first-order valence-corrected chi connectivity index (χ1v) is 6.08. The molecule has 4 heteroatoms. The van der Waals surface area contributed by atoms with E-state index in [9.17, 15) is 9.90 Å². The third-order valence-electron chi connectivity index (χ3n) is 3.52. The lowest BCUT2D eigenvalue weighted by atomic mass is 9.97. The highest BCUT2D eigenvalue weighted by atomic mass is 16.4. The van der Waals surface area contributed by atoms with E-state index in [0.717, 1.165) is 31.4 Å². The van der Waals surface area contributed by atoms with Crippen molar-refractivity contribution in [3.05, 3.63) is 30.1 Å². The fourth-order valence-corrected chi connectivity index (χ4v) is 2.52. The summed E-state index contributed by atoms with van der Waals surface area (Å²) in [6.45, 7) is 2.93. The molecule has 0 saturated carbocycles. The van der Waals surface area contributed by atoms with Gasteiger partial charge in [0, 0.05) is 18.4 Å². The Morgan fingerprint density at radius 1 is 1.47 bits per heavy atom. The Hall–Kier alpha value is -1.42. The Balaban J connectivity index is 2.16. The van der Waals surface area contributed by atoms with Gasteiger partial charge in [-0.3, -0.25) is 14.7 Å². The summed E-state index contributed by atoms with van der Waals surface area (Å²) in [5.41, 5.74) is 1.13. The van der Waals surface area contributed by atoms with Crippen LogP contribution in [0.3, 0.4) is 0 Å². The first-order valence-electron chi connectivity index (χ1n) is 6.08. The molecule has 0 bridgehead atoms. The molecule has 2 unspecified atom stereocenters. The van der Waals surface area contributed by atoms with E-state index in [4.69, 9.17) is 0 Å². The Labute approximate surface area is 101 Å². The molecule has 1 fully saturated rings. The number of rotatable bonds is 3. The topological polar surface area (TPSA) is 53.4 Å². The average molecular weight is 234 g/mol. The van der Waals surface area contributed by atoms with E-state index >= 15 is 0 Å². The van der Waals surface area contributed by atoms with Crippen molar-refractivity contribution >= 4 is 5.97 Å². The van der Waals surface area contributed by atoms with Crippen LogP contribution in [0.5, 0.6) is 0 Å². The summed E-state index contributed by atoms with van der Waals surface area (Å²) in [7, 11) is 0. The number of piperidine rings is 1. The van der Waals surface area contributed by atoms with Gasteiger partial charge in [0.15, 0.2) is 0 Å². The lowest BCUT2D eigenvalue weighted by Crippen LogP contribution is -2.45. The molecule has 92 valence electrons. The van der Waals surface area contributed by atoms with E-state index in [2.05, 4.69) is 16.8 Å². The van der Waals surface area contributed by atoms with Crippen molar-refractivity contribution in [1.29, 1.82) is 0 Å². The lowest BCUT2D eigenvalue weighted by molar-refractivity contribution is -0.145. The van der Waals surface area contributed by atoms with Crippen molar-refractivity contribution in [3.63, 3.8) is 0 Å². The van der Waals surface area contributed by atoms with Crippen molar-refractivity contribution in [2.24, 2.45) is 0 Å². The number of pyridine rings is 1. The highest BCUT2D eigenvalue weighted by Crippen LogP contribution is 2.28. The molecule has 17 heavy (non-hydrogen) atoms. The highest BCUT2D eigenvalue weighted by molar-refractivity contribution is 5.73. The van der Waals surface area contributed by atoms with Gasteiger partial charge in [0.1, 0.15) is 6.04 Å². The van der Waals surface area contributed by atoms with Gasteiger partial charge < -0.3 is 5.11 Å². The van der Waals surface area contributed by atoms with Crippen molar-refractivity contribution < 1.29 is 9.90 Å². The molecule has 1 saturated heterocycles. The minimum atomic E-state index is -0.703. The van der Waals surface area contributed by atoms with Crippen LogP contribution in [0, 0.1) is 0 Å². The molecular formula is C13H18N2O2. The normalized spacial score (nSPS) is 23.2. The zero-order valence-corrected chi connectivity index (χ0v) is 10.0. The molecule has 2 rings (SSSR count). The van der Waals surface area contributed by atoms with Crippen molar-refractivity contribution in [1.82, 2.24) is 9.88 Å². The molecule has 1 N–H and O–H groups in total. The molecule has 4 nitrogen and oxygen atoms in total. The SMILES string of the molecule is CC(c1ccncc1)N1CCCCC1C(=O)O. The van der Waals surface area contributed by atoms with Crippen LogP contribution in [0.25, 0.3) is 0 Å². The molecular weight excluding hydrogens is 216 g/mol. The number of carboxylic acids is 1. The molecule has 1 aromatic heterocycles. The predicted molar refractivity (Wildman–Crippen MR) is 64.6 cm³/mol. The maximum atomic E-state index is 11.2. The van der Waals surface area contributed by atoms with Crippen LogP contribution >= 0.6 is 0 Å². The Morgan fingerprint density at radius 2 is 2.18 bits per heavy atom. The molecule has 1 aliphatic heterocycles. The Kier molecular flexibility index (Phi) is 3.74. The molecule has 0 amide bonds. The van der Waals surface area contributed by atoms with Crippen LogP contribution in [0.2, 0.25) is 0 Å². The third kappa shape index (κ3) is 2.64. The fourth-order valence-electron chi connectivity index (χ4n) is 2.52. The summed E-state index contributed by atoms with van der Waals surface area (Å²) in [6, 6.07) is 3.71. The second-order valence-corrected chi connectivity index (χ2v) is 4.54. The Bertz CT molecular complexity index is 380. The van der Waals surface area contributed by atoms with Gasteiger partial charge in [-0.25, -0.2) is 0 Å². The van der Waals surface area contributed by atoms with Gasteiger partial charge in [-0.15, -0.1) is 0 Å². The van der Waals surface area contributed by atoms with Crippen LogP contribution in [0.4, 0.5) is 0 Å². The maximum absolute atomic E-state index is 11.2. The minimum Gasteiger partial charge on any atom is -0.480 e. The van der Waals surface area contributed by atoms with E-state index < -0.39 is 5.97 Å². The van der Waals surface area contributed by atoms with E-state index in [1.54, 1.807) is 12.4 Å². The average Bonchev–Trinajstić information content (AvgIpc) is 2.39. The van der Waals surface area contributed by atoms with Gasteiger partial charge in [-0.2, -0.15) is 0 Å². The number of aliphatic carboxylic acids is 1. The standard InChI is InChI=1S/C13H18N2O2/c1-10(11-5-7-14-8-6-11)15-9-3-2-4-12(15)13(16)17/h5-8,10,12H,2-4,9H2,1H3,(H,16,17). The highest BCUT2D eigenvalue weighted by Gasteiger charge is 2.31. The van der Waals surface area contributed by atoms with Crippen LogP contribution < -0.4 is 0 Å². The quantitative estimate of drug-likeness (QED) is 0.870. The van der Waals surface area contributed by atoms with E-state index in [1.165, 1.54) is 0 Å². The maximum Gasteiger partial charge on any atom is 0.320 e.